The third-order valence-electron chi connectivity index (χ3n) is 4.88. The van der Waals surface area contributed by atoms with Crippen molar-refractivity contribution in [2.24, 2.45) is 5.92 Å². The summed E-state index contributed by atoms with van der Waals surface area (Å²) in [6.07, 6.45) is 2.01. The third kappa shape index (κ3) is 4.11. The molecule has 8 heteroatoms. The van der Waals surface area contributed by atoms with Crippen molar-refractivity contribution < 1.29 is 9.59 Å². The maximum absolute atomic E-state index is 12.8. The molecule has 0 bridgehead atoms. The second-order valence-corrected chi connectivity index (χ2v) is 9.47. The molecular weight excluding hydrogens is 442 g/mol. The van der Waals surface area contributed by atoms with E-state index in [0.717, 1.165) is 12.8 Å². The van der Waals surface area contributed by atoms with E-state index in [9.17, 15) is 9.59 Å². The van der Waals surface area contributed by atoms with Crippen LogP contribution in [0.3, 0.4) is 0 Å². The first kappa shape index (κ1) is 19.8. The predicted molar refractivity (Wildman–Crippen MR) is 113 cm³/mol. The molecule has 28 heavy (non-hydrogen) atoms. The number of nitrogens with one attached hydrogen (secondary N) is 2. The molecule has 0 radical (unpaired) electrons. The molecule has 2 aliphatic carbocycles. The molecule has 0 aromatic heterocycles. The molecule has 2 saturated carbocycles. The predicted octanol–water partition coefficient (Wildman–Crippen LogP) is 5.41. The topological polar surface area (TPSA) is 58.2 Å². The van der Waals surface area contributed by atoms with E-state index < -0.39 is 16.2 Å². The fraction of sp³-hybridized carbons (Fsp3) is 0.300. The number of hydrogen-bond donors (Lipinski definition) is 2. The normalized spacial score (nSPS) is 22.4. The Morgan fingerprint density at radius 1 is 1.00 bits per heavy atom. The molecule has 2 amide bonds. The fourth-order valence-corrected chi connectivity index (χ4v) is 4.65. The Kier molecular flexibility index (Phi) is 5.25. The van der Waals surface area contributed by atoms with E-state index in [-0.39, 0.29) is 17.9 Å². The molecule has 0 aliphatic heterocycles. The molecule has 4 rings (SSSR count). The summed E-state index contributed by atoms with van der Waals surface area (Å²) >= 11 is 24.8. The van der Waals surface area contributed by atoms with Crippen molar-refractivity contribution in [3.63, 3.8) is 0 Å². The Morgan fingerprint density at radius 2 is 1.68 bits per heavy atom. The van der Waals surface area contributed by atoms with Crippen molar-refractivity contribution in [3.05, 3.63) is 63.6 Å². The summed E-state index contributed by atoms with van der Waals surface area (Å²) in [4.78, 5) is 25.0. The zero-order valence-corrected chi connectivity index (χ0v) is 17.5. The highest BCUT2D eigenvalue weighted by molar-refractivity contribution is 6.53. The number of hydrogen-bond acceptors (Lipinski definition) is 2. The van der Waals surface area contributed by atoms with Crippen molar-refractivity contribution in [1.29, 1.82) is 0 Å². The maximum Gasteiger partial charge on any atom is 0.251 e. The monoisotopic (exact) mass is 456 g/mol. The van der Waals surface area contributed by atoms with Crippen LogP contribution in [0.4, 0.5) is 5.69 Å². The Labute approximate surface area is 182 Å². The van der Waals surface area contributed by atoms with Crippen LogP contribution in [0.5, 0.6) is 0 Å². The number of alkyl halides is 2. The van der Waals surface area contributed by atoms with Crippen molar-refractivity contribution in [2.75, 3.05) is 5.32 Å². The van der Waals surface area contributed by atoms with Gasteiger partial charge in [-0.05, 0) is 54.8 Å². The highest BCUT2D eigenvalue weighted by Gasteiger charge is 2.67. The molecule has 2 N–H and O–H groups in total. The van der Waals surface area contributed by atoms with E-state index >= 15 is 0 Å². The van der Waals surface area contributed by atoms with Gasteiger partial charge in [-0.1, -0.05) is 29.3 Å². The van der Waals surface area contributed by atoms with Crippen LogP contribution < -0.4 is 10.6 Å². The Morgan fingerprint density at radius 3 is 2.32 bits per heavy atom. The van der Waals surface area contributed by atoms with E-state index in [1.165, 1.54) is 0 Å². The quantitative estimate of drug-likeness (QED) is 0.589. The van der Waals surface area contributed by atoms with Gasteiger partial charge in [0.2, 0.25) is 5.91 Å². The second-order valence-electron chi connectivity index (χ2n) is 7.15. The molecule has 0 heterocycles. The molecule has 0 saturated heterocycles. The molecular formula is C20H16Cl4N2O2. The molecule has 0 unspecified atom stereocenters. The van der Waals surface area contributed by atoms with E-state index in [1.54, 1.807) is 42.5 Å². The minimum Gasteiger partial charge on any atom is -0.349 e. The third-order valence-corrected chi connectivity index (χ3v) is 6.26. The van der Waals surface area contributed by atoms with Crippen LogP contribution in [0, 0.1) is 5.92 Å². The van der Waals surface area contributed by atoms with Crippen molar-refractivity contribution in [1.82, 2.24) is 5.32 Å². The van der Waals surface area contributed by atoms with Crippen molar-refractivity contribution in [3.8, 4) is 0 Å². The summed E-state index contributed by atoms with van der Waals surface area (Å²) < 4.78 is -1.25. The highest BCUT2D eigenvalue weighted by Crippen LogP contribution is 2.65. The minimum absolute atomic E-state index is 0.152. The van der Waals surface area contributed by atoms with Gasteiger partial charge in [0.1, 0.15) is 4.33 Å². The highest BCUT2D eigenvalue weighted by atomic mass is 35.5. The smallest absolute Gasteiger partial charge is 0.251 e. The van der Waals surface area contributed by atoms with Crippen LogP contribution in [0.25, 0.3) is 0 Å². The SMILES string of the molecule is O=C(NC1CC1)c1cccc(NC(=O)[C@@H]2[C@@H](c3cc(Cl)cc(Cl)c3)C2(Cl)Cl)c1. The van der Waals surface area contributed by atoms with Gasteiger partial charge >= 0.3 is 0 Å². The summed E-state index contributed by atoms with van der Waals surface area (Å²) in [5.74, 6) is -1.56. The van der Waals surface area contributed by atoms with Gasteiger partial charge in [-0.2, -0.15) is 0 Å². The summed E-state index contributed by atoms with van der Waals surface area (Å²) in [6.45, 7) is 0. The summed E-state index contributed by atoms with van der Waals surface area (Å²) in [7, 11) is 0. The molecule has 4 nitrogen and oxygen atoms in total. The Hall–Kier alpha value is -1.46. The first-order chi connectivity index (χ1) is 13.3. The van der Waals surface area contributed by atoms with Gasteiger partial charge in [-0.3, -0.25) is 9.59 Å². The van der Waals surface area contributed by atoms with E-state index in [1.807, 2.05) is 0 Å². The number of anilines is 1. The molecule has 0 spiro atoms. The number of carbonyl (C=O) groups is 2. The number of carbonyl (C=O) groups excluding carboxylic acids is 2. The zero-order chi connectivity index (χ0) is 20.1. The number of halogens is 4. The molecule has 2 fully saturated rings. The lowest BCUT2D eigenvalue weighted by Gasteiger charge is -2.08. The van der Waals surface area contributed by atoms with Gasteiger partial charge in [0.25, 0.3) is 5.91 Å². The number of amides is 2. The second kappa shape index (κ2) is 7.42. The van der Waals surface area contributed by atoms with Gasteiger partial charge in [0, 0.05) is 33.3 Å². The standard InChI is InChI=1S/C20H16Cl4N2O2/c21-12-6-11(7-13(22)9-12)16-17(20(16,23)24)19(28)26-15-3-1-2-10(8-15)18(27)25-14-4-5-14/h1-3,6-9,14,16-17H,4-5H2,(H,25,27)(H,26,28)/t16-,17+/m1/s1. The average Bonchev–Trinajstić information content (AvgIpc) is 3.51. The van der Waals surface area contributed by atoms with Crippen molar-refractivity contribution >= 4 is 63.9 Å². The summed E-state index contributed by atoms with van der Waals surface area (Å²) in [5.41, 5.74) is 1.70. The van der Waals surface area contributed by atoms with Crippen LogP contribution in [-0.4, -0.2) is 22.2 Å². The largest absolute Gasteiger partial charge is 0.349 e. The average molecular weight is 458 g/mol. The van der Waals surface area contributed by atoms with Gasteiger partial charge in [0.15, 0.2) is 0 Å². The molecule has 2 aromatic carbocycles. The minimum atomic E-state index is -1.25. The van der Waals surface area contributed by atoms with Gasteiger partial charge in [-0.25, -0.2) is 0 Å². The molecule has 2 aromatic rings. The van der Waals surface area contributed by atoms with Crippen LogP contribution in [0.1, 0.15) is 34.7 Å². The van der Waals surface area contributed by atoms with Crippen molar-refractivity contribution in [2.45, 2.75) is 29.1 Å². The maximum atomic E-state index is 12.8. The van der Waals surface area contributed by atoms with Crippen LogP contribution in [0.15, 0.2) is 42.5 Å². The Bertz CT molecular complexity index is 939. The lowest BCUT2D eigenvalue weighted by Crippen LogP contribution is -2.25. The van der Waals surface area contributed by atoms with Gasteiger partial charge in [0.05, 0.1) is 5.92 Å². The molecule has 2 aliphatic rings. The Balaban J connectivity index is 1.48. The van der Waals surface area contributed by atoms with E-state index in [2.05, 4.69) is 10.6 Å². The summed E-state index contributed by atoms with van der Waals surface area (Å²) in [5, 5.41) is 6.62. The van der Waals surface area contributed by atoms with Gasteiger partial charge in [-0.15, -0.1) is 23.2 Å². The molecule has 146 valence electrons. The first-order valence-corrected chi connectivity index (χ1v) is 10.3. The number of rotatable bonds is 5. The first-order valence-electron chi connectivity index (χ1n) is 8.81. The fourth-order valence-electron chi connectivity index (χ4n) is 3.28. The zero-order valence-electron chi connectivity index (χ0n) is 14.5. The summed E-state index contributed by atoms with van der Waals surface area (Å²) in [6, 6.07) is 12.0. The van der Waals surface area contributed by atoms with E-state index in [0.29, 0.717) is 26.9 Å². The van der Waals surface area contributed by atoms with E-state index in [4.69, 9.17) is 46.4 Å². The lowest BCUT2D eigenvalue weighted by molar-refractivity contribution is -0.117. The van der Waals surface area contributed by atoms with Gasteiger partial charge < -0.3 is 10.6 Å². The molecule has 2 atom stereocenters. The van der Waals surface area contributed by atoms with Crippen LogP contribution in [0.2, 0.25) is 10.0 Å². The van der Waals surface area contributed by atoms with Crippen LogP contribution in [-0.2, 0) is 4.79 Å². The number of benzene rings is 2. The lowest BCUT2D eigenvalue weighted by atomic mass is 10.1. The van der Waals surface area contributed by atoms with Crippen LogP contribution >= 0.6 is 46.4 Å².